The molecule has 1 heterocycles. The summed E-state index contributed by atoms with van der Waals surface area (Å²) in [6, 6.07) is 15.7. The number of aromatic nitrogens is 1. The van der Waals surface area contributed by atoms with Gasteiger partial charge in [-0.15, -0.1) is 11.3 Å². The van der Waals surface area contributed by atoms with E-state index < -0.39 is 0 Å². The number of urea groups is 1. The number of fused-ring (bicyclic) bond motifs is 1. The SMILES string of the molecule is Cc1ccc(OCCN(C)C(=O)NCc2nc3ccccc3s2)cc1. The Morgan fingerprint density at radius 1 is 1.20 bits per heavy atom. The fraction of sp³-hybridized carbons (Fsp3) is 0.263. The van der Waals surface area contributed by atoms with E-state index in [2.05, 4.69) is 10.3 Å². The normalized spacial score (nSPS) is 10.6. The molecule has 1 N–H and O–H groups in total. The van der Waals surface area contributed by atoms with Crippen LogP contribution in [0.2, 0.25) is 0 Å². The van der Waals surface area contributed by atoms with Crippen LogP contribution in [0.25, 0.3) is 10.2 Å². The van der Waals surface area contributed by atoms with Gasteiger partial charge in [-0.1, -0.05) is 29.8 Å². The number of nitrogens with one attached hydrogen (secondary N) is 1. The predicted octanol–water partition coefficient (Wildman–Crippen LogP) is 3.83. The van der Waals surface area contributed by atoms with Crippen molar-refractivity contribution in [3.05, 3.63) is 59.1 Å². The number of hydrogen-bond donors (Lipinski definition) is 1. The third-order valence-electron chi connectivity index (χ3n) is 3.79. The maximum atomic E-state index is 12.2. The van der Waals surface area contributed by atoms with Crippen molar-refractivity contribution in [1.82, 2.24) is 15.2 Å². The van der Waals surface area contributed by atoms with E-state index in [1.807, 2.05) is 55.5 Å². The zero-order valence-corrected chi connectivity index (χ0v) is 15.2. The molecule has 0 bridgehead atoms. The van der Waals surface area contributed by atoms with Crippen molar-refractivity contribution in [1.29, 1.82) is 0 Å². The molecule has 2 amide bonds. The minimum Gasteiger partial charge on any atom is -0.492 e. The first kappa shape index (κ1) is 17.2. The van der Waals surface area contributed by atoms with Crippen molar-refractivity contribution < 1.29 is 9.53 Å². The number of likely N-dealkylation sites (N-methyl/N-ethyl adjacent to an activating group) is 1. The van der Waals surface area contributed by atoms with Crippen LogP contribution in [0.3, 0.4) is 0 Å². The summed E-state index contributed by atoms with van der Waals surface area (Å²) in [6.07, 6.45) is 0. The number of para-hydroxylation sites is 1. The van der Waals surface area contributed by atoms with Crippen molar-refractivity contribution in [2.45, 2.75) is 13.5 Å². The first-order valence-corrected chi connectivity index (χ1v) is 8.96. The van der Waals surface area contributed by atoms with Crippen LogP contribution in [0.5, 0.6) is 5.75 Å². The van der Waals surface area contributed by atoms with E-state index in [9.17, 15) is 4.79 Å². The van der Waals surface area contributed by atoms with E-state index in [0.717, 1.165) is 21.0 Å². The van der Waals surface area contributed by atoms with Crippen LogP contribution < -0.4 is 10.1 Å². The molecular formula is C19H21N3O2S. The fourth-order valence-corrected chi connectivity index (χ4v) is 3.23. The minimum absolute atomic E-state index is 0.133. The molecule has 0 atom stereocenters. The smallest absolute Gasteiger partial charge is 0.317 e. The molecule has 0 aliphatic heterocycles. The Kier molecular flexibility index (Phi) is 5.50. The van der Waals surface area contributed by atoms with Gasteiger partial charge in [-0.05, 0) is 31.2 Å². The summed E-state index contributed by atoms with van der Waals surface area (Å²) in [6.45, 7) is 3.43. The molecule has 0 saturated heterocycles. The van der Waals surface area contributed by atoms with Gasteiger partial charge < -0.3 is 15.0 Å². The van der Waals surface area contributed by atoms with Crippen molar-refractivity contribution in [2.24, 2.45) is 0 Å². The fourth-order valence-electron chi connectivity index (χ4n) is 2.32. The number of thiazole rings is 1. The Labute approximate surface area is 151 Å². The number of carbonyl (C=O) groups is 1. The van der Waals surface area contributed by atoms with Gasteiger partial charge in [0.05, 0.1) is 23.3 Å². The molecule has 0 aliphatic rings. The molecule has 2 aromatic carbocycles. The van der Waals surface area contributed by atoms with Crippen molar-refractivity contribution in [3.8, 4) is 5.75 Å². The van der Waals surface area contributed by atoms with Crippen molar-refractivity contribution in [2.75, 3.05) is 20.2 Å². The molecule has 5 nitrogen and oxygen atoms in total. The van der Waals surface area contributed by atoms with Gasteiger partial charge in [0.15, 0.2) is 0 Å². The van der Waals surface area contributed by atoms with E-state index in [-0.39, 0.29) is 6.03 Å². The molecule has 0 unspecified atom stereocenters. The third kappa shape index (κ3) is 4.70. The molecule has 0 fully saturated rings. The lowest BCUT2D eigenvalue weighted by Crippen LogP contribution is -2.39. The van der Waals surface area contributed by atoms with Gasteiger partial charge in [0, 0.05) is 7.05 Å². The predicted molar refractivity (Wildman–Crippen MR) is 101 cm³/mol. The minimum atomic E-state index is -0.133. The lowest BCUT2D eigenvalue weighted by molar-refractivity contribution is 0.195. The summed E-state index contributed by atoms with van der Waals surface area (Å²) in [7, 11) is 1.76. The van der Waals surface area contributed by atoms with E-state index in [0.29, 0.717) is 19.7 Å². The van der Waals surface area contributed by atoms with Gasteiger partial charge in [-0.3, -0.25) is 0 Å². The lowest BCUT2D eigenvalue weighted by Gasteiger charge is -2.17. The summed E-state index contributed by atoms with van der Waals surface area (Å²) in [5.74, 6) is 0.814. The Hall–Kier alpha value is -2.60. The average Bonchev–Trinajstić information content (AvgIpc) is 3.04. The second kappa shape index (κ2) is 7.98. The topological polar surface area (TPSA) is 54.5 Å². The zero-order chi connectivity index (χ0) is 17.6. The number of rotatable bonds is 6. The summed E-state index contributed by atoms with van der Waals surface area (Å²) in [5.41, 5.74) is 2.16. The first-order valence-electron chi connectivity index (χ1n) is 8.15. The average molecular weight is 355 g/mol. The van der Waals surface area contributed by atoms with Gasteiger partial charge >= 0.3 is 6.03 Å². The molecule has 0 aliphatic carbocycles. The van der Waals surface area contributed by atoms with Crippen molar-refractivity contribution in [3.63, 3.8) is 0 Å². The molecule has 130 valence electrons. The van der Waals surface area contributed by atoms with Crippen LogP contribution in [-0.4, -0.2) is 36.1 Å². The second-order valence-electron chi connectivity index (χ2n) is 5.82. The molecule has 1 aromatic heterocycles. The van der Waals surface area contributed by atoms with Crippen LogP contribution in [0.15, 0.2) is 48.5 Å². The molecule has 0 spiro atoms. The van der Waals surface area contributed by atoms with E-state index in [1.165, 1.54) is 5.56 Å². The van der Waals surface area contributed by atoms with E-state index >= 15 is 0 Å². The maximum absolute atomic E-state index is 12.2. The number of ether oxygens (including phenoxy) is 1. The Morgan fingerprint density at radius 2 is 1.96 bits per heavy atom. The number of hydrogen-bond acceptors (Lipinski definition) is 4. The summed E-state index contributed by atoms with van der Waals surface area (Å²) < 4.78 is 6.78. The summed E-state index contributed by atoms with van der Waals surface area (Å²) in [4.78, 5) is 18.3. The molecule has 3 aromatic rings. The maximum Gasteiger partial charge on any atom is 0.317 e. The van der Waals surface area contributed by atoms with Crippen LogP contribution in [0.4, 0.5) is 4.79 Å². The summed E-state index contributed by atoms with van der Waals surface area (Å²) in [5, 5.41) is 3.80. The Morgan fingerprint density at radius 3 is 2.72 bits per heavy atom. The van der Waals surface area contributed by atoms with E-state index in [1.54, 1.807) is 23.3 Å². The molecule has 0 saturated carbocycles. The standard InChI is InChI=1S/C19H21N3O2S/c1-14-7-9-15(10-8-14)24-12-11-22(2)19(23)20-13-18-21-16-5-3-4-6-17(16)25-18/h3-10H,11-13H2,1-2H3,(H,20,23). The molecule has 25 heavy (non-hydrogen) atoms. The second-order valence-corrected chi connectivity index (χ2v) is 6.93. The third-order valence-corrected chi connectivity index (χ3v) is 4.83. The Balaban J connectivity index is 1.43. The molecule has 6 heteroatoms. The zero-order valence-electron chi connectivity index (χ0n) is 14.4. The Bertz CT molecular complexity index is 812. The van der Waals surface area contributed by atoms with Gasteiger partial charge in [-0.25, -0.2) is 9.78 Å². The number of amides is 2. The number of benzene rings is 2. The van der Waals surface area contributed by atoms with Crippen molar-refractivity contribution >= 4 is 27.6 Å². The molecule has 0 radical (unpaired) electrons. The van der Waals surface area contributed by atoms with Gasteiger partial charge in [0.25, 0.3) is 0 Å². The highest BCUT2D eigenvalue weighted by Crippen LogP contribution is 2.21. The highest BCUT2D eigenvalue weighted by molar-refractivity contribution is 7.18. The monoisotopic (exact) mass is 355 g/mol. The molecule has 3 rings (SSSR count). The van der Waals surface area contributed by atoms with Gasteiger partial charge in [0.1, 0.15) is 17.4 Å². The van der Waals surface area contributed by atoms with Crippen LogP contribution in [0, 0.1) is 6.92 Å². The van der Waals surface area contributed by atoms with E-state index in [4.69, 9.17) is 4.74 Å². The largest absolute Gasteiger partial charge is 0.492 e. The van der Waals surface area contributed by atoms with Crippen LogP contribution in [-0.2, 0) is 6.54 Å². The number of aryl methyl sites for hydroxylation is 1. The highest BCUT2D eigenvalue weighted by atomic mass is 32.1. The highest BCUT2D eigenvalue weighted by Gasteiger charge is 2.10. The first-order chi connectivity index (χ1) is 12.1. The number of nitrogens with zero attached hydrogens (tertiary/aromatic N) is 2. The summed E-state index contributed by atoms with van der Waals surface area (Å²) >= 11 is 1.60. The van der Waals surface area contributed by atoms with Gasteiger partial charge in [0.2, 0.25) is 0 Å². The van der Waals surface area contributed by atoms with Crippen LogP contribution in [0.1, 0.15) is 10.6 Å². The number of carbonyl (C=O) groups excluding carboxylic acids is 1. The lowest BCUT2D eigenvalue weighted by atomic mass is 10.2. The van der Waals surface area contributed by atoms with Gasteiger partial charge in [-0.2, -0.15) is 0 Å². The van der Waals surface area contributed by atoms with Crippen LogP contribution >= 0.6 is 11.3 Å². The molecular weight excluding hydrogens is 334 g/mol. The quantitative estimate of drug-likeness (QED) is 0.731.